The molecule has 4 aromatic heterocycles. The lowest BCUT2D eigenvalue weighted by Crippen LogP contribution is -2.37. The van der Waals surface area contributed by atoms with Gasteiger partial charge in [0, 0.05) is 37.2 Å². The number of anilines is 2. The van der Waals surface area contributed by atoms with Gasteiger partial charge in [-0.3, -0.25) is 19.1 Å². The highest BCUT2D eigenvalue weighted by atomic mass is 35.5. The van der Waals surface area contributed by atoms with Crippen molar-refractivity contribution in [3.63, 3.8) is 0 Å². The molecule has 4 aromatic rings. The summed E-state index contributed by atoms with van der Waals surface area (Å²) >= 11 is 6.61. The van der Waals surface area contributed by atoms with Crippen LogP contribution in [0.1, 0.15) is 33.6 Å². The number of nitroso groups, excluding NO2 is 1. The molecule has 0 N–H and O–H groups in total. The second-order valence-electron chi connectivity index (χ2n) is 8.94. The van der Waals surface area contributed by atoms with E-state index in [1.165, 1.54) is 12.3 Å². The normalized spacial score (nSPS) is 14.6. The molecule has 10 nitrogen and oxygen atoms in total. The van der Waals surface area contributed by atoms with E-state index in [9.17, 15) is 14.5 Å². The van der Waals surface area contributed by atoms with Gasteiger partial charge in [0.1, 0.15) is 11.4 Å². The number of hydrogen-bond acceptors (Lipinski definition) is 8. The second-order valence-corrected chi connectivity index (χ2v) is 9.35. The molecule has 2 aliphatic heterocycles. The molecule has 0 aromatic carbocycles. The molecule has 0 radical (unpaired) electrons. The molecule has 0 bridgehead atoms. The molecule has 1 amide bonds. The third kappa shape index (κ3) is 3.53. The van der Waals surface area contributed by atoms with Gasteiger partial charge in [0.25, 0.3) is 0 Å². The van der Waals surface area contributed by atoms with Crippen LogP contribution in [-0.2, 0) is 13.1 Å². The number of carbonyl (C=O) groups excluding carboxylic acids is 1. The molecule has 0 saturated carbocycles. The number of fused-ring (bicyclic) bond motifs is 2. The standard InChI is InChI=1S/C25H20ClN7O3/c1-14-8-21(31-6-3-7-31)28-10-20(14)33-12-17(25(35)30-36)22(34)16-9-18(26)24(29-23(16)33)32-11-15-4-2-5-27-19(15)13-32/h2,4-5,8-10,12H,3,6-7,11,13H2,1H3. The Morgan fingerprint density at radius 2 is 1.97 bits per heavy atom. The highest BCUT2D eigenvalue weighted by Gasteiger charge is 2.26. The van der Waals surface area contributed by atoms with Crippen LogP contribution in [0, 0.1) is 11.8 Å². The van der Waals surface area contributed by atoms with Gasteiger partial charge >= 0.3 is 5.91 Å². The van der Waals surface area contributed by atoms with Crippen molar-refractivity contribution in [1.29, 1.82) is 0 Å². The quantitative estimate of drug-likeness (QED) is 0.388. The molecule has 1 saturated heterocycles. The number of carbonyl (C=O) groups is 1. The molecule has 6 rings (SSSR count). The van der Waals surface area contributed by atoms with Crippen molar-refractivity contribution < 1.29 is 4.79 Å². The molecule has 1 fully saturated rings. The lowest BCUT2D eigenvalue weighted by atomic mass is 10.1. The van der Waals surface area contributed by atoms with Gasteiger partial charge in [-0.2, -0.15) is 0 Å². The first-order valence-electron chi connectivity index (χ1n) is 11.5. The summed E-state index contributed by atoms with van der Waals surface area (Å²) in [6.07, 6.45) is 5.86. The molecule has 0 atom stereocenters. The summed E-state index contributed by atoms with van der Waals surface area (Å²) in [5.74, 6) is 0.197. The third-order valence-corrected chi connectivity index (χ3v) is 7.00. The smallest absolute Gasteiger partial charge is 0.322 e. The van der Waals surface area contributed by atoms with E-state index in [-0.39, 0.29) is 16.0 Å². The number of hydrogen-bond donors (Lipinski definition) is 0. The first-order chi connectivity index (χ1) is 17.4. The van der Waals surface area contributed by atoms with E-state index >= 15 is 0 Å². The monoisotopic (exact) mass is 501 g/mol. The van der Waals surface area contributed by atoms with Crippen LogP contribution in [0.2, 0.25) is 5.02 Å². The number of aromatic nitrogens is 4. The second kappa shape index (κ2) is 8.49. The predicted octanol–water partition coefficient (Wildman–Crippen LogP) is 3.77. The van der Waals surface area contributed by atoms with E-state index in [1.807, 2.05) is 30.0 Å². The van der Waals surface area contributed by atoms with Crippen molar-refractivity contribution in [2.24, 2.45) is 5.18 Å². The minimum Gasteiger partial charge on any atom is -0.356 e. The van der Waals surface area contributed by atoms with Crippen LogP contribution in [0.3, 0.4) is 0 Å². The van der Waals surface area contributed by atoms with Crippen molar-refractivity contribution in [3.05, 3.63) is 85.4 Å². The van der Waals surface area contributed by atoms with E-state index in [0.717, 1.165) is 42.1 Å². The number of halogens is 1. The molecule has 0 aliphatic carbocycles. The maximum Gasteiger partial charge on any atom is 0.322 e. The van der Waals surface area contributed by atoms with E-state index in [0.29, 0.717) is 30.2 Å². The SMILES string of the molecule is Cc1cc(N2CCC2)ncc1-n1cc(C(=O)N=O)c(=O)c2cc(Cl)c(N3Cc4cccnc4C3)nc21. The largest absolute Gasteiger partial charge is 0.356 e. The van der Waals surface area contributed by atoms with Crippen LogP contribution >= 0.6 is 11.6 Å². The van der Waals surface area contributed by atoms with E-state index in [1.54, 1.807) is 17.0 Å². The van der Waals surface area contributed by atoms with Crippen molar-refractivity contribution in [2.75, 3.05) is 22.9 Å². The Balaban J connectivity index is 1.55. The fourth-order valence-electron chi connectivity index (χ4n) is 4.68. The summed E-state index contributed by atoms with van der Waals surface area (Å²) in [6.45, 7) is 4.92. The Labute approximate surface area is 210 Å². The van der Waals surface area contributed by atoms with Gasteiger partial charge in [-0.05, 0) is 42.7 Å². The first kappa shape index (κ1) is 22.3. The van der Waals surface area contributed by atoms with Crippen molar-refractivity contribution in [2.45, 2.75) is 26.4 Å². The predicted molar refractivity (Wildman–Crippen MR) is 136 cm³/mol. The molecule has 0 unspecified atom stereocenters. The minimum atomic E-state index is -1.15. The van der Waals surface area contributed by atoms with E-state index in [4.69, 9.17) is 16.6 Å². The molecule has 0 spiro atoms. The van der Waals surface area contributed by atoms with Gasteiger partial charge in [0.05, 0.1) is 34.5 Å². The number of nitrogens with zero attached hydrogens (tertiary/aromatic N) is 7. The summed E-state index contributed by atoms with van der Waals surface area (Å²) in [5, 5.41) is 2.84. The van der Waals surface area contributed by atoms with Gasteiger partial charge in [-0.1, -0.05) is 17.7 Å². The van der Waals surface area contributed by atoms with Gasteiger partial charge in [0.2, 0.25) is 5.43 Å². The van der Waals surface area contributed by atoms with Crippen molar-refractivity contribution in [3.8, 4) is 5.69 Å². The van der Waals surface area contributed by atoms with Gasteiger partial charge in [-0.15, -0.1) is 4.91 Å². The maximum atomic E-state index is 13.2. The Morgan fingerprint density at radius 1 is 1.14 bits per heavy atom. The zero-order valence-corrected chi connectivity index (χ0v) is 20.1. The highest BCUT2D eigenvalue weighted by molar-refractivity contribution is 6.33. The zero-order chi connectivity index (χ0) is 25.0. The lowest BCUT2D eigenvalue weighted by Gasteiger charge is -2.32. The summed E-state index contributed by atoms with van der Waals surface area (Å²) in [7, 11) is 0. The number of aryl methyl sites for hydroxylation is 1. The Kier molecular flexibility index (Phi) is 5.26. The topological polar surface area (TPSA) is 114 Å². The van der Waals surface area contributed by atoms with Gasteiger partial charge < -0.3 is 9.80 Å². The fourth-order valence-corrected chi connectivity index (χ4v) is 4.95. The maximum absolute atomic E-state index is 13.2. The summed E-state index contributed by atoms with van der Waals surface area (Å²) < 4.78 is 1.61. The Morgan fingerprint density at radius 3 is 2.67 bits per heavy atom. The van der Waals surface area contributed by atoms with Crippen LogP contribution < -0.4 is 15.2 Å². The fraction of sp³-hybridized carbons (Fsp3) is 0.240. The van der Waals surface area contributed by atoms with Crippen molar-refractivity contribution in [1.82, 2.24) is 19.5 Å². The summed E-state index contributed by atoms with van der Waals surface area (Å²) in [5.41, 5.74) is 2.79. The van der Waals surface area contributed by atoms with Crippen LogP contribution in [0.15, 0.2) is 52.8 Å². The average Bonchev–Trinajstić information content (AvgIpc) is 3.27. The molecule has 36 heavy (non-hydrogen) atoms. The molecule has 2 aliphatic rings. The summed E-state index contributed by atoms with van der Waals surface area (Å²) in [4.78, 5) is 54.4. The average molecular weight is 502 g/mol. The summed E-state index contributed by atoms with van der Waals surface area (Å²) in [6, 6.07) is 7.34. The Hall–Kier alpha value is -4.18. The number of pyridine rings is 4. The van der Waals surface area contributed by atoms with Crippen LogP contribution in [-0.4, -0.2) is 38.5 Å². The van der Waals surface area contributed by atoms with E-state index < -0.39 is 11.3 Å². The minimum absolute atomic E-state index is 0.110. The molecular formula is C25H20ClN7O3. The first-order valence-corrected chi connectivity index (χ1v) is 11.9. The van der Waals surface area contributed by atoms with Gasteiger partial charge in [-0.25, -0.2) is 9.97 Å². The van der Waals surface area contributed by atoms with Gasteiger partial charge in [0.15, 0.2) is 11.5 Å². The zero-order valence-electron chi connectivity index (χ0n) is 19.3. The Bertz CT molecular complexity index is 1610. The van der Waals surface area contributed by atoms with Crippen LogP contribution in [0.5, 0.6) is 0 Å². The van der Waals surface area contributed by atoms with Crippen LogP contribution in [0.4, 0.5) is 11.6 Å². The lowest BCUT2D eigenvalue weighted by molar-refractivity contribution is 0.0999. The number of rotatable bonds is 4. The van der Waals surface area contributed by atoms with Crippen molar-refractivity contribution >= 4 is 40.2 Å². The van der Waals surface area contributed by atoms with Crippen LogP contribution in [0.25, 0.3) is 16.7 Å². The third-order valence-electron chi connectivity index (χ3n) is 6.72. The highest BCUT2D eigenvalue weighted by Crippen LogP contribution is 2.34. The number of amides is 1. The molecule has 11 heteroatoms. The molecule has 180 valence electrons. The molecule has 6 heterocycles. The van der Waals surface area contributed by atoms with E-state index in [2.05, 4.69) is 20.0 Å². The molecular weight excluding hydrogens is 482 g/mol.